The number of amides is 1. The molecule has 0 saturated carbocycles. The fraction of sp³-hybridized carbons (Fsp3) is 0.579. The van der Waals surface area contributed by atoms with Gasteiger partial charge < -0.3 is 15.5 Å². The minimum Gasteiger partial charge on any atom is -0.356 e. The van der Waals surface area contributed by atoms with Gasteiger partial charge in [0.1, 0.15) is 0 Å². The van der Waals surface area contributed by atoms with Crippen molar-refractivity contribution in [3.8, 4) is 0 Å². The number of para-hydroxylation sites is 1. The second kappa shape index (κ2) is 13.3. The van der Waals surface area contributed by atoms with E-state index in [1.54, 1.807) is 11.3 Å². The first-order chi connectivity index (χ1) is 12.3. The number of carbonyl (C=O) groups is 1. The van der Waals surface area contributed by atoms with E-state index in [1.165, 1.54) is 9.71 Å². The molecule has 1 aromatic carbocycles. The Morgan fingerprint density at radius 2 is 1.93 bits per heavy atom. The van der Waals surface area contributed by atoms with E-state index in [4.69, 9.17) is 0 Å². The van der Waals surface area contributed by atoms with Gasteiger partial charge in [0.25, 0.3) is 0 Å². The van der Waals surface area contributed by atoms with Crippen LogP contribution in [0.3, 0.4) is 0 Å². The third kappa shape index (κ3) is 8.32. The van der Waals surface area contributed by atoms with Gasteiger partial charge in [-0.25, -0.2) is 4.98 Å². The van der Waals surface area contributed by atoms with Gasteiger partial charge in [0.2, 0.25) is 5.91 Å². The zero-order chi connectivity index (χ0) is 17.3. The van der Waals surface area contributed by atoms with Gasteiger partial charge in [0.15, 0.2) is 0 Å². The van der Waals surface area contributed by atoms with Crippen LogP contribution >= 0.6 is 36.2 Å². The molecule has 2 heterocycles. The lowest BCUT2D eigenvalue weighted by atomic mass is 10.2. The average molecular weight is 433 g/mol. The second-order valence-electron chi connectivity index (χ2n) is 6.58. The standard InChI is InChI=1S/C19H28N4OS.2ClH/c24-18(21-10-5-13-23-14-11-20-12-15-23)8-3-4-9-19-22-16-6-1-2-7-17(16)25-19;;/h1-2,6-7,20H,3-5,8-15H2,(H,21,24);2*1H. The molecule has 27 heavy (non-hydrogen) atoms. The van der Waals surface area contributed by atoms with Crippen LogP contribution in [0, 0.1) is 0 Å². The number of hydrogen-bond acceptors (Lipinski definition) is 5. The molecule has 0 unspecified atom stereocenters. The molecule has 1 fully saturated rings. The van der Waals surface area contributed by atoms with Crippen molar-refractivity contribution in [3.63, 3.8) is 0 Å². The highest BCUT2D eigenvalue weighted by Crippen LogP contribution is 2.22. The molecular weight excluding hydrogens is 403 g/mol. The summed E-state index contributed by atoms with van der Waals surface area (Å²) in [6.07, 6.45) is 4.58. The molecule has 2 aromatic rings. The molecule has 0 bridgehead atoms. The van der Waals surface area contributed by atoms with Gasteiger partial charge in [-0.05, 0) is 44.4 Å². The van der Waals surface area contributed by atoms with Crippen molar-refractivity contribution in [2.24, 2.45) is 0 Å². The summed E-state index contributed by atoms with van der Waals surface area (Å²) in [5, 5.41) is 7.58. The summed E-state index contributed by atoms with van der Waals surface area (Å²) in [5.41, 5.74) is 1.09. The third-order valence-corrected chi connectivity index (χ3v) is 5.66. The third-order valence-electron chi connectivity index (χ3n) is 4.57. The van der Waals surface area contributed by atoms with Crippen molar-refractivity contribution in [1.29, 1.82) is 0 Å². The maximum Gasteiger partial charge on any atom is 0.219 e. The average Bonchev–Trinajstić information content (AvgIpc) is 3.06. The van der Waals surface area contributed by atoms with Crippen LogP contribution in [0.25, 0.3) is 10.2 Å². The molecule has 1 aliphatic rings. The van der Waals surface area contributed by atoms with Gasteiger partial charge in [-0.15, -0.1) is 36.2 Å². The molecule has 152 valence electrons. The second-order valence-corrected chi connectivity index (χ2v) is 7.69. The number of hydrogen-bond donors (Lipinski definition) is 2. The first kappa shape index (κ1) is 24.1. The van der Waals surface area contributed by atoms with Crippen molar-refractivity contribution in [2.45, 2.75) is 32.1 Å². The van der Waals surface area contributed by atoms with Crippen LogP contribution in [0.1, 0.15) is 30.7 Å². The number of nitrogens with one attached hydrogen (secondary N) is 2. The van der Waals surface area contributed by atoms with Crippen LogP contribution < -0.4 is 10.6 Å². The molecule has 0 spiro atoms. The molecule has 0 atom stereocenters. The van der Waals surface area contributed by atoms with E-state index < -0.39 is 0 Å². The molecule has 8 heteroatoms. The SMILES string of the molecule is Cl.Cl.O=C(CCCCc1nc2ccccc2s1)NCCCN1CCNCC1. The molecule has 1 aliphatic heterocycles. The number of fused-ring (bicyclic) bond motifs is 1. The lowest BCUT2D eigenvalue weighted by Gasteiger charge is -2.27. The van der Waals surface area contributed by atoms with Crippen LogP contribution in [-0.2, 0) is 11.2 Å². The van der Waals surface area contributed by atoms with Crippen LogP contribution in [-0.4, -0.2) is 55.1 Å². The molecule has 2 N–H and O–H groups in total. The number of carbonyl (C=O) groups excluding carboxylic acids is 1. The van der Waals surface area contributed by atoms with Crippen molar-refractivity contribution >= 4 is 52.3 Å². The molecule has 3 rings (SSSR count). The van der Waals surface area contributed by atoms with E-state index in [-0.39, 0.29) is 30.7 Å². The number of aromatic nitrogens is 1. The fourth-order valence-electron chi connectivity index (χ4n) is 3.14. The quantitative estimate of drug-likeness (QED) is 0.596. The van der Waals surface area contributed by atoms with E-state index >= 15 is 0 Å². The first-order valence-corrected chi connectivity index (χ1v) is 10.2. The summed E-state index contributed by atoms with van der Waals surface area (Å²) >= 11 is 1.77. The van der Waals surface area contributed by atoms with Crippen LogP contribution in [0.5, 0.6) is 0 Å². The molecule has 1 amide bonds. The number of benzene rings is 1. The number of halogens is 2. The van der Waals surface area contributed by atoms with E-state index in [0.29, 0.717) is 6.42 Å². The van der Waals surface area contributed by atoms with Gasteiger partial charge in [-0.1, -0.05) is 12.1 Å². The highest BCUT2D eigenvalue weighted by atomic mass is 35.5. The van der Waals surface area contributed by atoms with Gasteiger partial charge in [0, 0.05) is 39.1 Å². The van der Waals surface area contributed by atoms with Gasteiger partial charge in [-0.3, -0.25) is 4.79 Å². The first-order valence-electron chi connectivity index (χ1n) is 9.35. The summed E-state index contributed by atoms with van der Waals surface area (Å²) in [7, 11) is 0. The lowest BCUT2D eigenvalue weighted by Crippen LogP contribution is -2.44. The molecule has 5 nitrogen and oxygen atoms in total. The predicted molar refractivity (Wildman–Crippen MR) is 119 cm³/mol. The van der Waals surface area contributed by atoms with E-state index in [9.17, 15) is 4.79 Å². The van der Waals surface area contributed by atoms with E-state index in [2.05, 4.69) is 38.7 Å². The minimum absolute atomic E-state index is 0. The maximum absolute atomic E-state index is 11.9. The Morgan fingerprint density at radius 1 is 1.15 bits per heavy atom. The van der Waals surface area contributed by atoms with Crippen molar-refractivity contribution in [2.75, 3.05) is 39.3 Å². The highest BCUT2D eigenvalue weighted by Gasteiger charge is 2.09. The Labute approximate surface area is 178 Å². The summed E-state index contributed by atoms with van der Waals surface area (Å²) in [6, 6.07) is 8.25. The molecule has 1 saturated heterocycles. The number of thiazole rings is 1. The lowest BCUT2D eigenvalue weighted by molar-refractivity contribution is -0.121. The summed E-state index contributed by atoms with van der Waals surface area (Å²) in [4.78, 5) is 19.0. The highest BCUT2D eigenvalue weighted by molar-refractivity contribution is 7.18. The van der Waals surface area contributed by atoms with Crippen molar-refractivity contribution in [1.82, 2.24) is 20.5 Å². The number of aryl methyl sites for hydroxylation is 1. The van der Waals surface area contributed by atoms with Gasteiger partial charge in [0.05, 0.1) is 15.2 Å². The Balaban J connectivity index is 0.00000182. The van der Waals surface area contributed by atoms with Crippen molar-refractivity contribution in [3.05, 3.63) is 29.3 Å². The van der Waals surface area contributed by atoms with Gasteiger partial charge >= 0.3 is 0 Å². The van der Waals surface area contributed by atoms with Crippen LogP contribution in [0.4, 0.5) is 0 Å². The minimum atomic E-state index is 0. The topological polar surface area (TPSA) is 57.3 Å². The predicted octanol–water partition coefficient (Wildman–Crippen LogP) is 3.26. The zero-order valence-electron chi connectivity index (χ0n) is 15.6. The van der Waals surface area contributed by atoms with Crippen molar-refractivity contribution < 1.29 is 4.79 Å². The van der Waals surface area contributed by atoms with E-state index in [0.717, 1.165) is 70.5 Å². The monoisotopic (exact) mass is 432 g/mol. The van der Waals surface area contributed by atoms with Crippen LogP contribution in [0.15, 0.2) is 24.3 Å². The number of rotatable bonds is 9. The van der Waals surface area contributed by atoms with Gasteiger partial charge in [-0.2, -0.15) is 0 Å². The summed E-state index contributed by atoms with van der Waals surface area (Å²) < 4.78 is 1.25. The number of unbranched alkanes of at least 4 members (excludes halogenated alkanes) is 1. The zero-order valence-corrected chi connectivity index (χ0v) is 18.1. The Kier molecular flexibility index (Phi) is 11.9. The Morgan fingerprint density at radius 3 is 2.70 bits per heavy atom. The maximum atomic E-state index is 11.9. The Bertz CT molecular complexity index is 644. The fourth-order valence-corrected chi connectivity index (χ4v) is 4.15. The normalized spacial score (nSPS) is 14.4. The summed E-state index contributed by atoms with van der Waals surface area (Å²) in [5.74, 6) is 0.185. The molecule has 1 aromatic heterocycles. The van der Waals surface area contributed by atoms with Crippen LogP contribution in [0.2, 0.25) is 0 Å². The summed E-state index contributed by atoms with van der Waals surface area (Å²) in [6.45, 7) is 6.29. The van der Waals surface area contributed by atoms with E-state index in [1.807, 2.05) is 6.07 Å². The molecule has 0 radical (unpaired) electrons. The molecular formula is C19H30Cl2N4OS. The smallest absolute Gasteiger partial charge is 0.219 e. The Hall–Kier alpha value is -0.920. The number of piperazine rings is 1. The number of nitrogens with zero attached hydrogens (tertiary/aromatic N) is 2. The largest absolute Gasteiger partial charge is 0.356 e. The molecule has 0 aliphatic carbocycles.